The predicted octanol–water partition coefficient (Wildman–Crippen LogP) is 6.64. The molecule has 3 heterocycles. The Hall–Kier alpha value is -3.35. The third kappa shape index (κ3) is 4.17. The van der Waals surface area contributed by atoms with E-state index in [1.165, 1.54) is 11.1 Å². The van der Waals surface area contributed by atoms with Gasteiger partial charge in [0.1, 0.15) is 5.75 Å². The molecule has 2 aromatic heterocycles. The molecule has 178 valence electrons. The molecule has 0 aliphatic carbocycles. The minimum atomic E-state index is -0.147. The summed E-state index contributed by atoms with van der Waals surface area (Å²) >= 11 is 12.2. The van der Waals surface area contributed by atoms with Crippen LogP contribution >= 0.6 is 23.8 Å². The van der Waals surface area contributed by atoms with Crippen molar-refractivity contribution in [3.8, 4) is 11.4 Å². The fourth-order valence-electron chi connectivity index (χ4n) is 5.17. The quantitative estimate of drug-likeness (QED) is 0.306. The average Bonchev–Trinajstić information content (AvgIpc) is 3.30. The van der Waals surface area contributed by atoms with Crippen molar-refractivity contribution >= 4 is 34.6 Å². The molecule has 0 saturated carbocycles. The number of aryl methyl sites for hydroxylation is 3. The Balaban J connectivity index is 1.72. The summed E-state index contributed by atoms with van der Waals surface area (Å²) in [5, 5.41) is 15.4. The minimum absolute atomic E-state index is 0.139. The van der Waals surface area contributed by atoms with Crippen molar-refractivity contribution in [2.45, 2.75) is 39.8 Å². The second-order valence-electron chi connectivity index (χ2n) is 9.14. The van der Waals surface area contributed by atoms with Gasteiger partial charge in [0.05, 0.1) is 23.5 Å². The summed E-state index contributed by atoms with van der Waals surface area (Å²) in [5.41, 5.74) is 8.07. The topological polar surface area (TPSA) is 53.3 Å². The van der Waals surface area contributed by atoms with Crippen molar-refractivity contribution in [3.63, 3.8) is 0 Å². The van der Waals surface area contributed by atoms with Gasteiger partial charge in [0.15, 0.2) is 5.11 Å². The zero-order chi connectivity index (χ0) is 24.9. The number of halogens is 1. The number of phenolic OH excluding ortho intramolecular Hbond substituents is 1. The molecule has 0 bridgehead atoms. The van der Waals surface area contributed by atoms with Crippen molar-refractivity contribution in [2.24, 2.45) is 0 Å². The molecule has 0 spiro atoms. The number of nitrogens with zero attached hydrogens (tertiary/aromatic N) is 3. The van der Waals surface area contributed by atoms with Gasteiger partial charge in [-0.1, -0.05) is 23.7 Å². The van der Waals surface area contributed by atoms with Crippen LogP contribution in [0.3, 0.4) is 0 Å². The summed E-state index contributed by atoms with van der Waals surface area (Å²) in [6.45, 7) is 8.30. The number of phenols is 1. The van der Waals surface area contributed by atoms with Crippen LogP contribution in [-0.4, -0.2) is 19.8 Å². The summed E-state index contributed by atoms with van der Waals surface area (Å²) in [6, 6.07) is 19.4. The van der Waals surface area contributed by atoms with E-state index in [4.69, 9.17) is 23.8 Å². The highest BCUT2D eigenvalue weighted by Crippen LogP contribution is 2.44. The van der Waals surface area contributed by atoms with Crippen LogP contribution in [0.5, 0.6) is 5.75 Å². The molecule has 1 saturated heterocycles. The molecule has 7 heteroatoms. The third-order valence-corrected chi connectivity index (χ3v) is 7.10. The number of rotatable bonds is 4. The molecular formula is C28H27ClN4OS. The molecule has 1 aliphatic heterocycles. The maximum atomic E-state index is 10.6. The number of hydrogen-bond acceptors (Lipinski definition) is 3. The zero-order valence-electron chi connectivity index (χ0n) is 20.1. The molecule has 2 atom stereocenters. The number of nitrogens with one attached hydrogen (secondary N) is 1. The predicted molar refractivity (Wildman–Crippen MR) is 146 cm³/mol. The lowest BCUT2D eigenvalue weighted by molar-refractivity contribution is 0.471. The van der Waals surface area contributed by atoms with Crippen molar-refractivity contribution in [1.29, 1.82) is 0 Å². The van der Waals surface area contributed by atoms with Crippen LogP contribution in [-0.2, 0) is 0 Å². The number of aromatic nitrogens is 2. The highest BCUT2D eigenvalue weighted by Gasteiger charge is 2.42. The molecule has 0 unspecified atom stereocenters. The zero-order valence-corrected chi connectivity index (χ0v) is 21.7. The molecule has 5 rings (SSSR count). The van der Waals surface area contributed by atoms with E-state index in [1.54, 1.807) is 18.2 Å². The number of hydrogen-bond donors (Lipinski definition) is 2. The van der Waals surface area contributed by atoms with Gasteiger partial charge in [0, 0.05) is 28.3 Å². The standard InChI is InChI=1S/C28H27ClN4OS/c1-16-11-17(2)13-21(12-16)33-27(26(31-28(33)35)23-7-5-6-10-30-23)22-14-18(3)32(19(22)4)24-15-20(29)8-9-25(24)34/h5-15,26-27,34H,1-4H3,(H,31,35)/t26-,27+/m1/s1. The van der Waals surface area contributed by atoms with E-state index in [0.29, 0.717) is 15.8 Å². The van der Waals surface area contributed by atoms with Crippen LogP contribution in [0.1, 0.15) is 45.9 Å². The van der Waals surface area contributed by atoms with Crippen molar-refractivity contribution in [2.75, 3.05) is 4.90 Å². The first-order chi connectivity index (χ1) is 16.7. The summed E-state index contributed by atoms with van der Waals surface area (Å²) in [6.07, 6.45) is 1.81. The Morgan fingerprint density at radius 2 is 1.71 bits per heavy atom. The van der Waals surface area contributed by atoms with E-state index in [2.05, 4.69) is 60.2 Å². The molecule has 1 fully saturated rings. The Morgan fingerprint density at radius 1 is 0.971 bits per heavy atom. The highest BCUT2D eigenvalue weighted by atomic mass is 35.5. The number of benzene rings is 2. The maximum absolute atomic E-state index is 10.6. The average molecular weight is 503 g/mol. The fraction of sp³-hybridized carbons (Fsp3) is 0.214. The Kier molecular flexibility index (Phi) is 6.03. The number of aromatic hydroxyl groups is 1. The van der Waals surface area contributed by atoms with Gasteiger partial charge in [0.2, 0.25) is 0 Å². The summed E-state index contributed by atoms with van der Waals surface area (Å²) < 4.78 is 2.05. The highest BCUT2D eigenvalue weighted by molar-refractivity contribution is 7.80. The Labute approximate surface area is 216 Å². The van der Waals surface area contributed by atoms with Crippen LogP contribution in [0.4, 0.5) is 5.69 Å². The van der Waals surface area contributed by atoms with E-state index < -0.39 is 0 Å². The first-order valence-corrected chi connectivity index (χ1v) is 12.3. The van der Waals surface area contributed by atoms with Crippen molar-refractivity contribution < 1.29 is 5.11 Å². The third-order valence-electron chi connectivity index (χ3n) is 6.55. The molecule has 2 N–H and O–H groups in total. The van der Waals surface area contributed by atoms with E-state index >= 15 is 0 Å². The molecule has 35 heavy (non-hydrogen) atoms. The number of pyridine rings is 1. The van der Waals surface area contributed by atoms with Gasteiger partial charge >= 0.3 is 0 Å². The van der Waals surface area contributed by atoms with Gasteiger partial charge in [-0.15, -0.1) is 0 Å². The molecule has 2 aromatic carbocycles. The van der Waals surface area contributed by atoms with Crippen molar-refractivity contribution in [1.82, 2.24) is 14.9 Å². The lowest BCUT2D eigenvalue weighted by Crippen LogP contribution is -2.29. The summed E-state index contributed by atoms with van der Waals surface area (Å²) in [5.74, 6) is 0.176. The van der Waals surface area contributed by atoms with Crippen LogP contribution in [0.2, 0.25) is 5.02 Å². The van der Waals surface area contributed by atoms with E-state index in [1.807, 2.05) is 35.9 Å². The minimum Gasteiger partial charge on any atom is -0.506 e. The number of thiocarbonyl (C=S) groups is 1. The van der Waals surface area contributed by atoms with E-state index in [-0.39, 0.29) is 17.8 Å². The van der Waals surface area contributed by atoms with Crippen molar-refractivity contribution in [3.05, 3.63) is 106 Å². The van der Waals surface area contributed by atoms with Crippen LogP contribution < -0.4 is 10.2 Å². The second-order valence-corrected chi connectivity index (χ2v) is 9.96. The molecule has 5 nitrogen and oxygen atoms in total. The van der Waals surface area contributed by atoms with Crippen LogP contribution in [0.25, 0.3) is 5.69 Å². The van der Waals surface area contributed by atoms with Gasteiger partial charge in [-0.3, -0.25) is 4.98 Å². The smallest absolute Gasteiger partial charge is 0.174 e. The maximum Gasteiger partial charge on any atom is 0.174 e. The summed E-state index contributed by atoms with van der Waals surface area (Å²) in [7, 11) is 0. The monoisotopic (exact) mass is 502 g/mol. The number of anilines is 1. The van der Waals surface area contributed by atoms with Gasteiger partial charge in [-0.25, -0.2) is 0 Å². The van der Waals surface area contributed by atoms with Crippen LogP contribution in [0.15, 0.2) is 66.9 Å². The first-order valence-electron chi connectivity index (χ1n) is 11.5. The Morgan fingerprint density at radius 3 is 2.40 bits per heavy atom. The molecule has 4 aromatic rings. The lowest BCUT2D eigenvalue weighted by atomic mass is 9.96. The second kappa shape index (κ2) is 9.02. The SMILES string of the molecule is Cc1cc(C)cc(N2C(=S)N[C@H](c3ccccn3)[C@@H]2c2cc(C)n(-c3cc(Cl)ccc3O)c2C)c1. The largest absolute Gasteiger partial charge is 0.506 e. The Bertz CT molecular complexity index is 1410. The molecule has 0 amide bonds. The van der Waals surface area contributed by atoms with E-state index in [0.717, 1.165) is 28.3 Å². The first kappa shape index (κ1) is 23.4. The van der Waals surface area contributed by atoms with Gasteiger partial charge < -0.3 is 19.9 Å². The molecular weight excluding hydrogens is 476 g/mol. The molecule has 1 aliphatic rings. The summed E-state index contributed by atoms with van der Waals surface area (Å²) in [4.78, 5) is 6.86. The lowest BCUT2D eigenvalue weighted by Gasteiger charge is -2.29. The molecule has 0 radical (unpaired) electrons. The van der Waals surface area contributed by atoms with E-state index in [9.17, 15) is 5.11 Å². The fourth-order valence-corrected chi connectivity index (χ4v) is 5.68. The van der Waals surface area contributed by atoms with Crippen LogP contribution in [0, 0.1) is 27.7 Å². The van der Waals surface area contributed by atoms with Gasteiger partial charge in [-0.2, -0.15) is 0 Å². The van der Waals surface area contributed by atoms with Gasteiger partial charge in [-0.05, 0) is 105 Å². The van der Waals surface area contributed by atoms with Gasteiger partial charge in [0.25, 0.3) is 0 Å². The normalized spacial score (nSPS) is 17.6.